The van der Waals surface area contributed by atoms with E-state index < -0.39 is 5.60 Å². The van der Waals surface area contributed by atoms with E-state index in [2.05, 4.69) is 12.1 Å². The highest BCUT2D eigenvalue weighted by molar-refractivity contribution is 5.82. The largest absolute Gasteiger partial charge is 0.489 e. The first kappa shape index (κ1) is 23.4. The van der Waals surface area contributed by atoms with Gasteiger partial charge in [-0.1, -0.05) is 36.4 Å². The molecule has 0 N–H and O–H groups in total. The smallest absolute Gasteiger partial charge is 0.310 e. The fourth-order valence-corrected chi connectivity index (χ4v) is 3.77. The van der Waals surface area contributed by atoms with Crippen molar-refractivity contribution in [3.63, 3.8) is 0 Å². The van der Waals surface area contributed by atoms with Crippen LogP contribution in [0.5, 0.6) is 11.5 Å². The summed E-state index contributed by atoms with van der Waals surface area (Å²) in [6, 6.07) is 23.4. The van der Waals surface area contributed by atoms with Crippen LogP contribution in [0.4, 0.5) is 0 Å². The Labute approximate surface area is 200 Å². The quantitative estimate of drug-likeness (QED) is 0.272. The topological polar surface area (TPSA) is 57.9 Å². The minimum Gasteiger partial charge on any atom is -0.489 e. The highest BCUT2D eigenvalue weighted by Gasteiger charge is 2.18. The molecular formula is C29H30O5. The summed E-state index contributed by atoms with van der Waals surface area (Å²) in [6.07, 6.45) is 0.150. The van der Waals surface area contributed by atoms with E-state index in [1.165, 1.54) is 0 Å². The van der Waals surface area contributed by atoms with Crippen molar-refractivity contribution in [2.24, 2.45) is 0 Å². The van der Waals surface area contributed by atoms with Crippen LogP contribution in [-0.2, 0) is 29.2 Å². The van der Waals surface area contributed by atoms with Crippen molar-refractivity contribution in [1.82, 2.24) is 0 Å². The molecule has 0 aliphatic rings. The number of para-hydroxylation sites is 2. The van der Waals surface area contributed by atoms with Gasteiger partial charge < -0.3 is 18.6 Å². The number of carbonyl (C=O) groups is 1. The zero-order valence-electron chi connectivity index (χ0n) is 20.1. The molecule has 34 heavy (non-hydrogen) atoms. The number of furan rings is 1. The molecule has 1 aromatic heterocycles. The van der Waals surface area contributed by atoms with Crippen molar-refractivity contribution >= 4 is 16.9 Å². The summed E-state index contributed by atoms with van der Waals surface area (Å²) >= 11 is 0. The number of fused-ring (bicyclic) bond motifs is 1. The van der Waals surface area contributed by atoms with Crippen LogP contribution in [0.15, 0.2) is 77.2 Å². The number of hydrogen-bond acceptors (Lipinski definition) is 5. The predicted octanol–water partition coefficient (Wildman–Crippen LogP) is 6.78. The highest BCUT2D eigenvalue weighted by Crippen LogP contribution is 2.27. The monoisotopic (exact) mass is 458 g/mol. The second-order valence-electron chi connectivity index (χ2n) is 9.31. The molecule has 5 nitrogen and oxygen atoms in total. The number of rotatable bonds is 8. The zero-order chi connectivity index (χ0) is 24.1. The summed E-state index contributed by atoms with van der Waals surface area (Å²) < 4.78 is 23.4. The van der Waals surface area contributed by atoms with Crippen molar-refractivity contribution < 1.29 is 23.4 Å². The molecule has 0 aliphatic carbocycles. The molecule has 0 radical (unpaired) electrons. The van der Waals surface area contributed by atoms with Crippen LogP contribution in [0, 0.1) is 6.92 Å². The Morgan fingerprint density at radius 2 is 1.62 bits per heavy atom. The first-order valence-corrected chi connectivity index (χ1v) is 11.4. The molecule has 176 valence electrons. The van der Waals surface area contributed by atoms with E-state index in [9.17, 15) is 4.79 Å². The molecule has 0 atom stereocenters. The lowest BCUT2D eigenvalue weighted by atomic mass is 10.1. The van der Waals surface area contributed by atoms with Gasteiger partial charge >= 0.3 is 5.97 Å². The third-order valence-electron chi connectivity index (χ3n) is 5.16. The summed E-state index contributed by atoms with van der Waals surface area (Å²) in [6.45, 7) is 8.34. The van der Waals surface area contributed by atoms with Crippen molar-refractivity contribution in [3.05, 3.63) is 95.2 Å². The van der Waals surface area contributed by atoms with E-state index in [4.69, 9.17) is 18.6 Å². The molecule has 0 fully saturated rings. The van der Waals surface area contributed by atoms with Gasteiger partial charge in [-0.05, 0) is 75.2 Å². The van der Waals surface area contributed by atoms with E-state index in [0.717, 1.165) is 33.4 Å². The normalized spacial score (nSPS) is 11.4. The number of carbonyl (C=O) groups excluding carboxylic acids is 1. The third-order valence-corrected chi connectivity index (χ3v) is 5.16. The highest BCUT2D eigenvalue weighted by atomic mass is 16.6. The van der Waals surface area contributed by atoms with Gasteiger partial charge in [0.1, 0.15) is 41.7 Å². The van der Waals surface area contributed by atoms with Crippen LogP contribution in [0.25, 0.3) is 11.0 Å². The standard InChI is InChI=1S/C29H30O5/c1-20-14-21(18-31-24-11-6-5-7-12-24)15-23-16-25(33-28(20)23)19-32-26-13-9-8-10-22(26)17-27(30)34-29(2,3)4/h5-16H,17-19H2,1-4H3. The molecule has 5 heteroatoms. The molecule has 0 amide bonds. The summed E-state index contributed by atoms with van der Waals surface area (Å²) in [4.78, 5) is 12.3. The number of benzene rings is 3. The summed E-state index contributed by atoms with van der Waals surface area (Å²) in [5, 5.41) is 1.01. The zero-order valence-corrected chi connectivity index (χ0v) is 20.1. The van der Waals surface area contributed by atoms with Crippen LogP contribution in [-0.4, -0.2) is 11.6 Å². The summed E-state index contributed by atoms with van der Waals surface area (Å²) in [5.74, 6) is 1.91. The number of ether oxygens (including phenoxy) is 3. The van der Waals surface area contributed by atoms with E-state index in [1.807, 2.05) is 88.4 Å². The van der Waals surface area contributed by atoms with Crippen LogP contribution in [0.2, 0.25) is 0 Å². The molecule has 1 heterocycles. The maximum Gasteiger partial charge on any atom is 0.310 e. The lowest BCUT2D eigenvalue weighted by Crippen LogP contribution is -2.25. The fraction of sp³-hybridized carbons (Fsp3) is 0.276. The Morgan fingerprint density at radius 3 is 2.38 bits per heavy atom. The van der Waals surface area contributed by atoms with E-state index in [1.54, 1.807) is 0 Å². The van der Waals surface area contributed by atoms with Crippen LogP contribution in [0.1, 0.15) is 43.2 Å². The Kier molecular flexibility index (Phi) is 6.92. The second-order valence-corrected chi connectivity index (χ2v) is 9.31. The van der Waals surface area contributed by atoms with Crippen molar-refractivity contribution in [1.29, 1.82) is 0 Å². The second kappa shape index (κ2) is 10.0. The maximum atomic E-state index is 12.3. The first-order chi connectivity index (χ1) is 16.3. The Balaban J connectivity index is 1.44. The van der Waals surface area contributed by atoms with Crippen LogP contribution >= 0.6 is 0 Å². The van der Waals surface area contributed by atoms with Gasteiger partial charge in [-0.2, -0.15) is 0 Å². The minimum atomic E-state index is -0.524. The molecule has 4 aromatic rings. The van der Waals surface area contributed by atoms with E-state index in [0.29, 0.717) is 18.1 Å². The Hall–Kier alpha value is -3.73. The molecule has 4 rings (SSSR count). The average Bonchev–Trinajstić information content (AvgIpc) is 3.20. The minimum absolute atomic E-state index is 0.150. The lowest BCUT2D eigenvalue weighted by Gasteiger charge is -2.20. The Morgan fingerprint density at radius 1 is 0.882 bits per heavy atom. The van der Waals surface area contributed by atoms with Crippen LogP contribution < -0.4 is 9.47 Å². The van der Waals surface area contributed by atoms with Gasteiger partial charge in [-0.3, -0.25) is 4.79 Å². The molecule has 0 saturated carbocycles. The molecule has 0 aliphatic heterocycles. The van der Waals surface area contributed by atoms with E-state index >= 15 is 0 Å². The molecule has 0 spiro atoms. The SMILES string of the molecule is Cc1cc(COc2ccccc2)cc2cc(COc3ccccc3CC(=O)OC(C)(C)C)oc12. The van der Waals surface area contributed by atoms with Gasteiger partial charge in [-0.25, -0.2) is 0 Å². The summed E-state index contributed by atoms with van der Waals surface area (Å²) in [5.41, 5.74) is 3.21. The van der Waals surface area contributed by atoms with Crippen LogP contribution in [0.3, 0.4) is 0 Å². The molecular weight excluding hydrogens is 428 g/mol. The van der Waals surface area contributed by atoms with E-state index in [-0.39, 0.29) is 19.0 Å². The molecule has 0 bridgehead atoms. The fourth-order valence-electron chi connectivity index (χ4n) is 3.77. The Bertz CT molecular complexity index is 1260. The third kappa shape index (κ3) is 6.19. The van der Waals surface area contributed by atoms with Gasteiger partial charge in [0.05, 0.1) is 6.42 Å². The lowest BCUT2D eigenvalue weighted by molar-refractivity contribution is -0.153. The number of esters is 1. The molecule has 3 aromatic carbocycles. The van der Waals surface area contributed by atoms with Gasteiger partial charge in [-0.15, -0.1) is 0 Å². The molecule has 0 saturated heterocycles. The first-order valence-electron chi connectivity index (χ1n) is 11.4. The van der Waals surface area contributed by atoms with Crippen molar-refractivity contribution in [2.45, 2.75) is 52.9 Å². The van der Waals surface area contributed by atoms with Gasteiger partial charge in [0.15, 0.2) is 0 Å². The van der Waals surface area contributed by atoms with Crippen molar-refractivity contribution in [3.8, 4) is 11.5 Å². The molecule has 0 unspecified atom stereocenters. The predicted molar refractivity (Wildman–Crippen MR) is 132 cm³/mol. The van der Waals surface area contributed by atoms with Gasteiger partial charge in [0, 0.05) is 10.9 Å². The summed E-state index contributed by atoms with van der Waals surface area (Å²) in [7, 11) is 0. The average molecular weight is 459 g/mol. The number of aryl methyl sites for hydroxylation is 1. The van der Waals surface area contributed by atoms with Gasteiger partial charge in [0.2, 0.25) is 0 Å². The van der Waals surface area contributed by atoms with Crippen molar-refractivity contribution in [2.75, 3.05) is 0 Å². The maximum absolute atomic E-state index is 12.3. The number of hydrogen-bond donors (Lipinski definition) is 0. The van der Waals surface area contributed by atoms with Gasteiger partial charge in [0.25, 0.3) is 0 Å².